The van der Waals surface area contributed by atoms with Gasteiger partial charge in [0.1, 0.15) is 0 Å². The van der Waals surface area contributed by atoms with Crippen LogP contribution in [0.15, 0.2) is 64.0 Å². The lowest BCUT2D eigenvalue weighted by Crippen LogP contribution is -2.30. The largest absolute Gasteiger partial charge is 0.316 e. The Labute approximate surface area is 139 Å². The van der Waals surface area contributed by atoms with Gasteiger partial charge in [-0.25, -0.2) is 0 Å². The maximum Gasteiger partial charge on any atom is 0.0311 e. The Morgan fingerprint density at radius 1 is 1.14 bits per heavy atom. The molecule has 3 unspecified atom stereocenters. The summed E-state index contributed by atoms with van der Waals surface area (Å²) in [7, 11) is 2.09. The molecule has 0 amide bonds. The maximum absolute atomic E-state index is 3.63. The lowest BCUT2D eigenvalue weighted by atomic mass is 10.1. The molecule has 0 heterocycles. The van der Waals surface area contributed by atoms with Crippen molar-refractivity contribution in [2.75, 3.05) is 12.8 Å². The van der Waals surface area contributed by atoms with E-state index in [1.165, 1.54) is 21.4 Å². The van der Waals surface area contributed by atoms with Crippen molar-refractivity contribution in [1.82, 2.24) is 5.32 Å². The first-order valence-corrected chi connectivity index (χ1v) is 9.17. The lowest BCUT2D eigenvalue weighted by molar-refractivity contribution is 0.542. The van der Waals surface area contributed by atoms with E-state index in [1.54, 1.807) is 0 Å². The minimum atomic E-state index is 0.576. The molecule has 0 saturated heterocycles. The van der Waals surface area contributed by atoms with E-state index >= 15 is 0 Å². The molecule has 0 radical (unpaired) electrons. The summed E-state index contributed by atoms with van der Waals surface area (Å²) in [6.45, 7) is 0. The predicted octanol–water partition coefficient (Wildman–Crippen LogP) is 4.93. The van der Waals surface area contributed by atoms with Gasteiger partial charge in [-0.1, -0.05) is 42.5 Å². The fraction of sp³-hybridized carbons (Fsp3) is 0.333. The average molecular weight is 362 g/mol. The van der Waals surface area contributed by atoms with Gasteiger partial charge < -0.3 is 5.32 Å². The molecule has 1 saturated carbocycles. The minimum Gasteiger partial charge on any atom is -0.316 e. The van der Waals surface area contributed by atoms with Crippen LogP contribution in [0.3, 0.4) is 0 Å². The van der Waals surface area contributed by atoms with E-state index in [9.17, 15) is 0 Å². The first kappa shape index (κ1) is 15.1. The molecule has 1 aliphatic rings. The molecule has 3 heteroatoms. The summed E-state index contributed by atoms with van der Waals surface area (Å²) in [5.74, 6) is 2.63. The second-order valence-electron chi connectivity index (χ2n) is 5.55. The van der Waals surface area contributed by atoms with Gasteiger partial charge in [0, 0.05) is 21.2 Å². The Balaban J connectivity index is 1.59. The Morgan fingerprint density at radius 2 is 1.86 bits per heavy atom. The molecule has 2 aromatic rings. The highest BCUT2D eigenvalue weighted by molar-refractivity contribution is 9.10. The number of benzene rings is 2. The Bertz CT molecular complexity index is 587. The first-order chi connectivity index (χ1) is 10.3. The first-order valence-electron chi connectivity index (χ1n) is 7.39. The van der Waals surface area contributed by atoms with E-state index in [4.69, 9.17) is 0 Å². The van der Waals surface area contributed by atoms with Crippen LogP contribution in [0, 0.1) is 5.92 Å². The van der Waals surface area contributed by atoms with Crippen molar-refractivity contribution < 1.29 is 0 Å². The van der Waals surface area contributed by atoms with Gasteiger partial charge >= 0.3 is 0 Å². The molecule has 2 aromatic carbocycles. The van der Waals surface area contributed by atoms with Crippen molar-refractivity contribution in [2.45, 2.75) is 23.3 Å². The third kappa shape index (κ3) is 3.71. The number of thioether (sulfide) groups is 1. The normalized spacial score (nSPS) is 22.0. The lowest BCUT2D eigenvalue weighted by Gasteiger charge is -2.16. The molecule has 110 valence electrons. The number of rotatable bonds is 6. The number of hydrogen-bond acceptors (Lipinski definition) is 2. The fourth-order valence-electron chi connectivity index (χ4n) is 2.91. The van der Waals surface area contributed by atoms with E-state index in [0.717, 1.165) is 17.6 Å². The monoisotopic (exact) mass is 361 g/mol. The second kappa shape index (κ2) is 6.99. The van der Waals surface area contributed by atoms with E-state index in [1.807, 2.05) is 11.8 Å². The zero-order valence-corrected chi connectivity index (χ0v) is 14.5. The molecule has 3 atom stereocenters. The van der Waals surface area contributed by atoms with E-state index in [-0.39, 0.29) is 0 Å². The quantitative estimate of drug-likeness (QED) is 0.731. The van der Waals surface area contributed by atoms with Crippen LogP contribution < -0.4 is 5.32 Å². The van der Waals surface area contributed by atoms with Gasteiger partial charge in [0.15, 0.2) is 0 Å². The summed E-state index contributed by atoms with van der Waals surface area (Å²) in [6.07, 6.45) is 1.31. The molecule has 0 bridgehead atoms. The van der Waals surface area contributed by atoms with Crippen LogP contribution in [-0.2, 0) is 0 Å². The molecule has 3 rings (SSSR count). The molecular formula is C18H20BrNS. The van der Waals surface area contributed by atoms with Crippen molar-refractivity contribution in [3.05, 3.63) is 64.6 Å². The average Bonchev–Trinajstić information content (AvgIpc) is 3.31. The molecule has 0 aromatic heterocycles. The summed E-state index contributed by atoms with van der Waals surface area (Å²) in [5.41, 5.74) is 1.49. The SMILES string of the molecule is CNC(CSc1ccccc1Br)C1CC1c1ccccc1. The van der Waals surface area contributed by atoms with Crippen molar-refractivity contribution >= 4 is 27.7 Å². The minimum absolute atomic E-state index is 0.576. The third-order valence-electron chi connectivity index (χ3n) is 4.21. The van der Waals surface area contributed by atoms with Crippen LogP contribution in [0.4, 0.5) is 0 Å². The van der Waals surface area contributed by atoms with Gasteiger partial charge in [-0.15, -0.1) is 11.8 Å². The predicted molar refractivity (Wildman–Crippen MR) is 95.0 cm³/mol. The maximum atomic E-state index is 3.63. The summed E-state index contributed by atoms with van der Waals surface area (Å²) >= 11 is 5.56. The highest BCUT2D eigenvalue weighted by Gasteiger charge is 2.43. The van der Waals surface area contributed by atoms with Gasteiger partial charge in [-0.05, 0) is 58.9 Å². The molecule has 1 aliphatic carbocycles. The van der Waals surface area contributed by atoms with Crippen LogP contribution >= 0.6 is 27.7 Å². The van der Waals surface area contributed by atoms with Gasteiger partial charge in [0.25, 0.3) is 0 Å². The van der Waals surface area contributed by atoms with Crippen LogP contribution in [0.1, 0.15) is 17.9 Å². The molecular weight excluding hydrogens is 342 g/mol. The van der Waals surface area contributed by atoms with E-state index < -0.39 is 0 Å². The molecule has 1 fully saturated rings. The van der Waals surface area contributed by atoms with Gasteiger partial charge in [0.2, 0.25) is 0 Å². The number of halogens is 1. The zero-order valence-electron chi connectivity index (χ0n) is 12.1. The molecule has 1 nitrogen and oxygen atoms in total. The molecule has 1 N–H and O–H groups in total. The highest BCUT2D eigenvalue weighted by Crippen LogP contribution is 2.50. The summed E-state index contributed by atoms with van der Waals surface area (Å²) in [6, 6.07) is 20.0. The number of hydrogen-bond donors (Lipinski definition) is 1. The van der Waals surface area contributed by atoms with E-state index in [2.05, 4.69) is 82.9 Å². The Hall–Kier alpha value is -0.770. The van der Waals surface area contributed by atoms with E-state index in [0.29, 0.717) is 6.04 Å². The molecule has 0 spiro atoms. The topological polar surface area (TPSA) is 12.0 Å². The van der Waals surface area contributed by atoms with Crippen molar-refractivity contribution in [3.63, 3.8) is 0 Å². The summed E-state index contributed by atoms with van der Waals surface area (Å²) in [5, 5.41) is 3.52. The zero-order chi connectivity index (χ0) is 14.7. The molecule has 0 aliphatic heterocycles. The van der Waals surface area contributed by atoms with Crippen LogP contribution in [0.25, 0.3) is 0 Å². The molecule has 21 heavy (non-hydrogen) atoms. The smallest absolute Gasteiger partial charge is 0.0311 e. The second-order valence-corrected chi connectivity index (χ2v) is 7.47. The fourth-order valence-corrected chi connectivity index (χ4v) is 4.69. The number of nitrogens with one attached hydrogen (secondary N) is 1. The summed E-state index contributed by atoms with van der Waals surface area (Å²) in [4.78, 5) is 1.33. The van der Waals surface area contributed by atoms with Crippen molar-refractivity contribution in [3.8, 4) is 0 Å². The third-order valence-corrected chi connectivity index (χ3v) is 6.36. The highest BCUT2D eigenvalue weighted by atomic mass is 79.9. The van der Waals surface area contributed by atoms with Crippen molar-refractivity contribution in [2.24, 2.45) is 5.92 Å². The Morgan fingerprint density at radius 3 is 2.57 bits per heavy atom. The van der Waals surface area contributed by atoms with Crippen LogP contribution in [0.5, 0.6) is 0 Å². The van der Waals surface area contributed by atoms with Crippen molar-refractivity contribution in [1.29, 1.82) is 0 Å². The van der Waals surface area contributed by atoms with Gasteiger partial charge in [0.05, 0.1) is 0 Å². The standard InChI is InChI=1S/C18H20BrNS/c1-20-17(12-21-18-10-6-5-9-16(18)19)15-11-14(15)13-7-3-2-4-8-13/h2-10,14-15,17,20H,11-12H2,1H3. The van der Waals surface area contributed by atoms with Crippen LogP contribution in [-0.4, -0.2) is 18.8 Å². The summed E-state index contributed by atoms with van der Waals surface area (Å²) < 4.78 is 1.19. The Kier molecular flexibility index (Phi) is 5.04. The van der Waals surface area contributed by atoms with Crippen LogP contribution in [0.2, 0.25) is 0 Å². The van der Waals surface area contributed by atoms with Gasteiger partial charge in [-0.2, -0.15) is 0 Å². The van der Waals surface area contributed by atoms with Gasteiger partial charge in [-0.3, -0.25) is 0 Å².